The molecule has 0 aromatic heterocycles. The van der Waals surface area contributed by atoms with Gasteiger partial charge in [0.1, 0.15) is 0 Å². The number of hydrogen-bond acceptors (Lipinski definition) is 4. The lowest BCUT2D eigenvalue weighted by molar-refractivity contribution is -0.384. The molecule has 1 atom stereocenters. The zero-order valence-electron chi connectivity index (χ0n) is 12.2. The second-order valence-electron chi connectivity index (χ2n) is 4.95. The number of sulfonamides is 1. The Hall–Kier alpha value is -2.25. The summed E-state index contributed by atoms with van der Waals surface area (Å²) in [4.78, 5) is 10.0. The van der Waals surface area contributed by atoms with Crippen molar-refractivity contribution in [2.45, 2.75) is 24.8 Å². The minimum absolute atomic E-state index is 0.00136. The van der Waals surface area contributed by atoms with Crippen LogP contribution in [0.3, 0.4) is 0 Å². The molecule has 1 N–H and O–H groups in total. The molecule has 0 fully saturated rings. The average molecular weight is 320 g/mol. The van der Waals surface area contributed by atoms with Crippen LogP contribution in [0, 0.1) is 17.0 Å². The summed E-state index contributed by atoms with van der Waals surface area (Å²) in [6, 6.07) is 11.9. The molecule has 0 spiro atoms. The summed E-state index contributed by atoms with van der Waals surface area (Å²) in [7, 11) is -3.74. The first-order chi connectivity index (χ1) is 10.3. The van der Waals surface area contributed by atoms with E-state index in [-0.39, 0.29) is 10.6 Å². The molecule has 0 amide bonds. The maximum Gasteiger partial charge on any atom is 0.269 e. The van der Waals surface area contributed by atoms with Crippen LogP contribution in [0.1, 0.15) is 24.1 Å². The highest BCUT2D eigenvalue weighted by Gasteiger charge is 2.20. The molecule has 0 aliphatic rings. The molecule has 6 nitrogen and oxygen atoms in total. The zero-order chi connectivity index (χ0) is 16.3. The van der Waals surface area contributed by atoms with Gasteiger partial charge in [0.2, 0.25) is 10.0 Å². The molecule has 0 unspecified atom stereocenters. The van der Waals surface area contributed by atoms with Gasteiger partial charge in [-0.15, -0.1) is 0 Å². The lowest BCUT2D eigenvalue weighted by atomic mass is 10.0. The van der Waals surface area contributed by atoms with Gasteiger partial charge in [-0.3, -0.25) is 10.1 Å². The van der Waals surface area contributed by atoms with E-state index in [2.05, 4.69) is 4.72 Å². The van der Waals surface area contributed by atoms with Crippen molar-refractivity contribution in [3.05, 3.63) is 69.8 Å². The standard InChI is InChI=1S/C15H16N2O4S/c1-11-5-3-4-6-15(11)12(2)16-22(20,21)14-9-7-13(8-10-14)17(18)19/h3-10,12,16H,1-2H3/t12-/m1/s1. The molecule has 22 heavy (non-hydrogen) atoms. The van der Waals surface area contributed by atoms with Crippen molar-refractivity contribution in [1.29, 1.82) is 0 Å². The lowest BCUT2D eigenvalue weighted by Crippen LogP contribution is -2.27. The van der Waals surface area contributed by atoms with E-state index >= 15 is 0 Å². The number of nitro groups is 1. The van der Waals surface area contributed by atoms with E-state index in [9.17, 15) is 18.5 Å². The SMILES string of the molecule is Cc1ccccc1[C@@H](C)NS(=O)(=O)c1ccc([N+](=O)[O-])cc1. The molecule has 0 radical (unpaired) electrons. The first kappa shape index (κ1) is 16.1. The monoisotopic (exact) mass is 320 g/mol. The Bertz CT molecular complexity index is 785. The first-order valence-corrected chi connectivity index (χ1v) is 8.12. The van der Waals surface area contributed by atoms with Crippen molar-refractivity contribution in [3.8, 4) is 0 Å². The van der Waals surface area contributed by atoms with Crippen molar-refractivity contribution in [2.24, 2.45) is 0 Å². The maximum absolute atomic E-state index is 12.3. The molecule has 116 valence electrons. The van der Waals surface area contributed by atoms with Crippen LogP contribution in [0.5, 0.6) is 0 Å². The van der Waals surface area contributed by atoms with Gasteiger partial charge in [0.05, 0.1) is 9.82 Å². The Morgan fingerprint density at radius 3 is 2.23 bits per heavy atom. The zero-order valence-corrected chi connectivity index (χ0v) is 13.0. The Morgan fingerprint density at radius 1 is 1.09 bits per heavy atom. The summed E-state index contributed by atoms with van der Waals surface area (Å²) in [6.07, 6.45) is 0. The van der Waals surface area contributed by atoms with Gasteiger partial charge in [0.15, 0.2) is 0 Å². The number of benzene rings is 2. The van der Waals surface area contributed by atoms with Crippen LogP contribution in [-0.4, -0.2) is 13.3 Å². The molecule has 2 rings (SSSR count). The Balaban J connectivity index is 2.24. The number of nitro benzene ring substituents is 1. The predicted molar refractivity (Wildman–Crippen MR) is 83.0 cm³/mol. The van der Waals surface area contributed by atoms with Crippen molar-refractivity contribution in [3.63, 3.8) is 0 Å². The largest absolute Gasteiger partial charge is 0.269 e. The topological polar surface area (TPSA) is 89.3 Å². The predicted octanol–water partition coefficient (Wildman–Crippen LogP) is 2.94. The second-order valence-corrected chi connectivity index (χ2v) is 6.66. The number of rotatable bonds is 5. The van der Waals surface area contributed by atoms with Gasteiger partial charge in [0, 0.05) is 18.2 Å². The summed E-state index contributed by atoms with van der Waals surface area (Å²) in [5.74, 6) is 0. The quantitative estimate of drug-likeness (QED) is 0.677. The number of aryl methyl sites for hydroxylation is 1. The van der Waals surface area contributed by atoms with Gasteiger partial charge in [-0.05, 0) is 37.1 Å². The van der Waals surface area contributed by atoms with Crippen LogP contribution in [0.2, 0.25) is 0 Å². The molecular weight excluding hydrogens is 304 g/mol. The van der Waals surface area contributed by atoms with Crippen LogP contribution in [-0.2, 0) is 10.0 Å². The highest BCUT2D eigenvalue weighted by atomic mass is 32.2. The van der Waals surface area contributed by atoms with Crippen molar-refractivity contribution in [1.82, 2.24) is 4.72 Å². The van der Waals surface area contributed by atoms with E-state index in [1.165, 1.54) is 24.3 Å². The Kier molecular flexibility index (Phi) is 4.58. The van der Waals surface area contributed by atoms with Crippen molar-refractivity contribution in [2.75, 3.05) is 0 Å². The molecule has 7 heteroatoms. The molecule has 0 saturated heterocycles. The van der Waals surface area contributed by atoms with E-state index in [1.54, 1.807) is 6.92 Å². The van der Waals surface area contributed by atoms with Crippen molar-refractivity contribution < 1.29 is 13.3 Å². The van der Waals surface area contributed by atoms with Gasteiger partial charge in [-0.1, -0.05) is 24.3 Å². The fourth-order valence-electron chi connectivity index (χ4n) is 2.18. The summed E-state index contributed by atoms with van der Waals surface area (Å²) in [6.45, 7) is 3.66. The normalized spacial score (nSPS) is 12.8. The number of nitrogens with one attached hydrogen (secondary N) is 1. The Morgan fingerprint density at radius 2 is 1.68 bits per heavy atom. The summed E-state index contributed by atoms with van der Waals surface area (Å²) in [5, 5.41) is 10.6. The third kappa shape index (κ3) is 3.49. The van der Waals surface area contributed by atoms with Crippen LogP contribution in [0.4, 0.5) is 5.69 Å². The van der Waals surface area contributed by atoms with Crippen LogP contribution >= 0.6 is 0 Å². The molecule has 0 aliphatic heterocycles. The van der Waals surface area contributed by atoms with Crippen LogP contribution in [0.15, 0.2) is 53.4 Å². The second kappa shape index (κ2) is 6.25. The number of nitrogens with zero attached hydrogens (tertiary/aromatic N) is 1. The third-order valence-electron chi connectivity index (χ3n) is 3.34. The molecule has 0 bridgehead atoms. The highest BCUT2D eigenvalue weighted by molar-refractivity contribution is 7.89. The minimum atomic E-state index is -3.74. The summed E-state index contributed by atoms with van der Waals surface area (Å²) >= 11 is 0. The molecular formula is C15H16N2O4S. The molecule has 2 aromatic carbocycles. The third-order valence-corrected chi connectivity index (χ3v) is 4.90. The minimum Gasteiger partial charge on any atom is -0.258 e. The van der Waals surface area contributed by atoms with E-state index in [0.29, 0.717) is 0 Å². The van der Waals surface area contributed by atoms with Gasteiger partial charge in [-0.25, -0.2) is 13.1 Å². The Labute approximate surface area is 129 Å². The smallest absolute Gasteiger partial charge is 0.258 e. The van der Waals surface area contributed by atoms with Gasteiger partial charge in [-0.2, -0.15) is 0 Å². The number of non-ortho nitro benzene ring substituents is 1. The molecule has 2 aromatic rings. The highest BCUT2D eigenvalue weighted by Crippen LogP contribution is 2.21. The van der Waals surface area contributed by atoms with E-state index in [0.717, 1.165) is 11.1 Å². The van der Waals surface area contributed by atoms with Crippen LogP contribution in [0.25, 0.3) is 0 Å². The van der Waals surface area contributed by atoms with Gasteiger partial charge < -0.3 is 0 Å². The number of hydrogen-bond donors (Lipinski definition) is 1. The lowest BCUT2D eigenvalue weighted by Gasteiger charge is -2.16. The van der Waals surface area contributed by atoms with Gasteiger partial charge >= 0.3 is 0 Å². The maximum atomic E-state index is 12.3. The van der Waals surface area contributed by atoms with Crippen molar-refractivity contribution >= 4 is 15.7 Å². The van der Waals surface area contributed by atoms with Crippen LogP contribution < -0.4 is 4.72 Å². The van der Waals surface area contributed by atoms with Gasteiger partial charge in [0.25, 0.3) is 5.69 Å². The molecule has 0 aliphatic carbocycles. The fraction of sp³-hybridized carbons (Fsp3) is 0.200. The van der Waals surface area contributed by atoms with E-state index < -0.39 is 21.0 Å². The summed E-state index contributed by atoms with van der Waals surface area (Å²) < 4.78 is 27.2. The summed E-state index contributed by atoms with van der Waals surface area (Å²) in [5.41, 5.74) is 1.72. The van der Waals surface area contributed by atoms with E-state index in [4.69, 9.17) is 0 Å². The fourth-order valence-corrected chi connectivity index (χ4v) is 3.41. The first-order valence-electron chi connectivity index (χ1n) is 6.63. The molecule has 0 heterocycles. The average Bonchev–Trinajstić information content (AvgIpc) is 2.47. The molecule has 0 saturated carbocycles. The van der Waals surface area contributed by atoms with E-state index in [1.807, 2.05) is 31.2 Å².